The third-order valence-electron chi connectivity index (χ3n) is 5.24. The van der Waals surface area contributed by atoms with E-state index in [9.17, 15) is 9.18 Å². The summed E-state index contributed by atoms with van der Waals surface area (Å²) in [7, 11) is 0. The van der Waals surface area contributed by atoms with Crippen molar-refractivity contribution in [2.75, 3.05) is 36.0 Å². The van der Waals surface area contributed by atoms with Crippen molar-refractivity contribution in [3.05, 3.63) is 59.9 Å². The Morgan fingerprint density at radius 2 is 1.81 bits per heavy atom. The molecule has 2 aliphatic rings. The summed E-state index contributed by atoms with van der Waals surface area (Å²) in [6, 6.07) is 14.5. The summed E-state index contributed by atoms with van der Waals surface area (Å²) >= 11 is 0. The molecule has 2 aromatic carbocycles. The SMILES string of the molecule is [2H]N1CCC(NC(=O)N2CCN(Cc3ccc(F)cc3)c3ccccc32)CC1. The minimum absolute atomic E-state index is 0.0719. The number of carbonyl (C=O) groups excluding carboxylic acids is 1. The van der Waals surface area contributed by atoms with E-state index >= 15 is 0 Å². The molecule has 2 N–H and O–H groups in total. The predicted octanol–water partition coefficient (Wildman–Crippen LogP) is 3.11. The summed E-state index contributed by atoms with van der Waals surface area (Å²) in [5.41, 5.74) is 2.94. The highest BCUT2D eigenvalue weighted by Crippen LogP contribution is 2.33. The van der Waals surface area contributed by atoms with Crippen molar-refractivity contribution >= 4 is 17.4 Å². The number of piperidine rings is 1. The Labute approximate surface area is 160 Å². The molecule has 142 valence electrons. The molecule has 6 heteroatoms. The van der Waals surface area contributed by atoms with Gasteiger partial charge in [-0.05, 0) is 55.8 Å². The third-order valence-corrected chi connectivity index (χ3v) is 5.24. The van der Waals surface area contributed by atoms with Crippen LogP contribution in [0.25, 0.3) is 0 Å². The second-order valence-electron chi connectivity index (χ2n) is 7.08. The van der Waals surface area contributed by atoms with E-state index in [4.69, 9.17) is 1.41 Å². The average molecular weight is 369 g/mol. The van der Waals surface area contributed by atoms with Crippen molar-refractivity contribution in [2.24, 2.45) is 0 Å². The quantitative estimate of drug-likeness (QED) is 0.874. The van der Waals surface area contributed by atoms with Crippen LogP contribution < -0.4 is 20.4 Å². The van der Waals surface area contributed by atoms with Crippen molar-refractivity contribution in [1.82, 2.24) is 10.6 Å². The molecule has 2 aliphatic heterocycles. The van der Waals surface area contributed by atoms with Gasteiger partial charge in [-0.25, -0.2) is 9.18 Å². The van der Waals surface area contributed by atoms with Crippen molar-refractivity contribution in [3.63, 3.8) is 0 Å². The monoisotopic (exact) mass is 369 g/mol. The van der Waals surface area contributed by atoms with Gasteiger partial charge in [-0.2, -0.15) is 0 Å². The summed E-state index contributed by atoms with van der Waals surface area (Å²) in [5.74, 6) is -0.234. The third kappa shape index (κ3) is 4.06. The topological polar surface area (TPSA) is 47.6 Å². The zero-order valence-electron chi connectivity index (χ0n) is 16.3. The summed E-state index contributed by atoms with van der Waals surface area (Å²) in [6.07, 6.45) is 1.61. The Morgan fingerprint density at radius 1 is 1.11 bits per heavy atom. The fraction of sp³-hybridized carbons (Fsp3) is 0.381. The fourth-order valence-corrected chi connectivity index (χ4v) is 3.75. The van der Waals surface area contributed by atoms with Crippen LogP contribution in [0.1, 0.15) is 18.4 Å². The van der Waals surface area contributed by atoms with Gasteiger partial charge in [0.1, 0.15) is 7.23 Å². The highest BCUT2D eigenvalue weighted by atomic mass is 19.1. The van der Waals surface area contributed by atoms with Crippen molar-refractivity contribution < 1.29 is 10.6 Å². The summed E-state index contributed by atoms with van der Waals surface area (Å²) in [5, 5.41) is 4.69. The maximum atomic E-state index is 13.2. The molecule has 0 unspecified atom stereocenters. The maximum Gasteiger partial charge on any atom is 0.322 e. The first-order chi connectivity index (χ1) is 13.6. The first-order valence-corrected chi connectivity index (χ1v) is 9.50. The molecule has 2 heterocycles. The Morgan fingerprint density at radius 3 is 2.56 bits per heavy atom. The predicted molar refractivity (Wildman–Crippen MR) is 106 cm³/mol. The van der Waals surface area contributed by atoms with Gasteiger partial charge in [0.2, 0.25) is 0 Å². The van der Waals surface area contributed by atoms with E-state index in [1.54, 1.807) is 17.4 Å². The number of amides is 2. The van der Waals surface area contributed by atoms with Crippen LogP contribution in [-0.2, 0) is 6.54 Å². The highest BCUT2D eigenvalue weighted by Gasteiger charge is 2.28. The number of fused-ring (bicyclic) bond motifs is 1. The second kappa shape index (κ2) is 7.96. The molecule has 0 atom stereocenters. The highest BCUT2D eigenvalue weighted by molar-refractivity contribution is 5.97. The van der Waals surface area contributed by atoms with Crippen LogP contribution in [0.15, 0.2) is 48.5 Å². The van der Waals surface area contributed by atoms with Gasteiger partial charge in [0.25, 0.3) is 0 Å². The van der Waals surface area contributed by atoms with E-state index in [1.807, 2.05) is 29.2 Å². The van der Waals surface area contributed by atoms with Gasteiger partial charge in [0, 0.05) is 25.7 Å². The molecule has 0 bridgehead atoms. The Hall–Kier alpha value is -2.60. The number of anilines is 2. The molecule has 0 saturated carbocycles. The normalized spacial score (nSPS) is 18.8. The van der Waals surface area contributed by atoms with Gasteiger partial charge >= 0.3 is 6.03 Å². The first-order valence-electron chi connectivity index (χ1n) is 9.95. The van der Waals surface area contributed by atoms with E-state index in [1.165, 1.54) is 12.1 Å². The van der Waals surface area contributed by atoms with E-state index < -0.39 is 0 Å². The minimum atomic E-state index is -0.234. The number of halogens is 1. The van der Waals surface area contributed by atoms with E-state index in [0.717, 1.165) is 29.8 Å². The molecular weight excluding hydrogens is 343 g/mol. The number of hydrogen-bond acceptors (Lipinski definition) is 3. The number of hydrogen-bond donors (Lipinski definition) is 2. The van der Waals surface area contributed by atoms with E-state index in [-0.39, 0.29) is 17.9 Å². The lowest BCUT2D eigenvalue weighted by Crippen LogP contribution is -2.52. The molecule has 0 aromatic heterocycles. The van der Waals surface area contributed by atoms with Gasteiger partial charge < -0.3 is 15.5 Å². The summed E-state index contributed by atoms with van der Waals surface area (Å²) < 4.78 is 20.8. The fourth-order valence-electron chi connectivity index (χ4n) is 3.75. The molecule has 0 radical (unpaired) electrons. The van der Waals surface area contributed by atoms with Crippen LogP contribution in [0.2, 0.25) is 1.41 Å². The molecule has 5 nitrogen and oxygen atoms in total. The molecule has 0 aliphatic carbocycles. The summed E-state index contributed by atoms with van der Waals surface area (Å²) in [6.45, 7) is 3.36. The first kappa shape index (κ1) is 16.6. The molecule has 2 amide bonds. The van der Waals surface area contributed by atoms with Gasteiger partial charge in [0.05, 0.1) is 11.4 Å². The van der Waals surface area contributed by atoms with Crippen molar-refractivity contribution in [3.8, 4) is 0 Å². The lowest BCUT2D eigenvalue weighted by Gasteiger charge is -2.38. The number of para-hydroxylation sites is 2. The van der Waals surface area contributed by atoms with Crippen LogP contribution in [0.3, 0.4) is 0 Å². The van der Waals surface area contributed by atoms with Gasteiger partial charge in [0.15, 0.2) is 0 Å². The largest absolute Gasteiger partial charge is 0.364 e. The Kier molecular flexibility index (Phi) is 4.89. The number of urea groups is 1. The number of carbonyl (C=O) groups is 1. The zero-order valence-corrected chi connectivity index (χ0v) is 15.3. The zero-order chi connectivity index (χ0) is 19.5. The van der Waals surface area contributed by atoms with E-state index in [2.05, 4.69) is 10.2 Å². The second-order valence-corrected chi connectivity index (χ2v) is 7.08. The van der Waals surface area contributed by atoms with Gasteiger partial charge in [-0.1, -0.05) is 24.3 Å². The van der Waals surface area contributed by atoms with Crippen LogP contribution in [-0.4, -0.2) is 38.3 Å². The smallest absolute Gasteiger partial charge is 0.322 e. The lowest BCUT2D eigenvalue weighted by molar-refractivity contribution is 0.239. The minimum Gasteiger partial charge on any atom is -0.364 e. The molecule has 0 spiro atoms. The summed E-state index contributed by atoms with van der Waals surface area (Å²) in [4.78, 5) is 16.9. The van der Waals surface area contributed by atoms with Crippen molar-refractivity contribution in [2.45, 2.75) is 25.4 Å². The van der Waals surface area contributed by atoms with Crippen molar-refractivity contribution in [1.29, 1.82) is 0 Å². The van der Waals surface area contributed by atoms with Crippen LogP contribution in [0.4, 0.5) is 20.6 Å². The molecule has 1 fully saturated rings. The lowest BCUT2D eigenvalue weighted by atomic mass is 10.1. The number of nitrogens with zero attached hydrogens (tertiary/aromatic N) is 2. The van der Waals surface area contributed by atoms with Crippen LogP contribution >= 0.6 is 0 Å². The molecule has 1 saturated heterocycles. The number of nitrogens with one attached hydrogen (secondary N) is 2. The number of benzene rings is 2. The Balaban J connectivity index is 1.47. The number of rotatable bonds is 3. The van der Waals surface area contributed by atoms with Gasteiger partial charge in [-0.15, -0.1) is 0 Å². The molecule has 27 heavy (non-hydrogen) atoms. The average Bonchev–Trinajstić information content (AvgIpc) is 2.71. The molecule has 2 aromatic rings. The molecule has 4 rings (SSSR count). The standard InChI is InChI=1S/C21H25FN4O/c22-17-7-5-16(6-8-17)15-25-13-14-26(20-4-2-1-3-19(20)25)21(27)24-18-9-11-23-12-10-18/h1-8,18,23H,9-15H2,(H,24,27)/i/hD. The van der Waals surface area contributed by atoms with Gasteiger partial charge in [-0.3, -0.25) is 4.90 Å². The van der Waals surface area contributed by atoms with E-state index in [0.29, 0.717) is 32.7 Å². The molecular formula is C21H25FN4O. The maximum absolute atomic E-state index is 13.2. The Bertz CT molecular complexity index is 823. The van der Waals surface area contributed by atoms with Crippen LogP contribution in [0, 0.1) is 5.82 Å². The van der Waals surface area contributed by atoms with Crippen LogP contribution in [0.5, 0.6) is 0 Å².